The van der Waals surface area contributed by atoms with Gasteiger partial charge in [0.25, 0.3) is 17.5 Å². The van der Waals surface area contributed by atoms with E-state index in [4.69, 9.17) is 4.74 Å². The molecule has 10 nitrogen and oxygen atoms in total. The number of carbonyl (C=O) groups is 3. The molecule has 150 valence electrons. The minimum absolute atomic E-state index is 0.0167. The van der Waals surface area contributed by atoms with Gasteiger partial charge in [0.05, 0.1) is 22.1 Å². The second-order valence-corrected chi connectivity index (χ2v) is 6.33. The van der Waals surface area contributed by atoms with Crippen molar-refractivity contribution in [2.24, 2.45) is 0 Å². The molecule has 1 aliphatic rings. The number of pyridine rings is 1. The van der Waals surface area contributed by atoms with Gasteiger partial charge >= 0.3 is 5.97 Å². The molecule has 0 bridgehead atoms. The van der Waals surface area contributed by atoms with Crippen LogP contribution in [0.1, 0.15) is 34.1 Å². The number of amides is 2. The summed E-state index contributed by atoms with van der Waals surface area (Å²) < 4.78 is 5.20. The van der Waals surface area contributed by atoms with Gasteiger partial charge in [-0.2, -0.15) is 0 Å². The van der Waals surface area contributed by atoms with Crippen LogP contribution in [0.4, 0.5) is 11.5 Å². The van der Waals surface area contributed by atoms with E-state index in [0.29, 0.717) is 12.2 Å². The molecule has 0 radical (unpaired) electrons. The van der Waals surface area contributed by atoms with Crippen LogP contribution in [0.5, 0.6) is 0 Å². The summed E-state index contributed by atoms with van der Waals surface area (Å²) in [6.07, 6.45) is 1.71. The number of hydrogen-bond acceptors (Lipinski definition) is 8. The van der Waals surface area contributed by atoms with E-state index >= 15 is 0 Å². The van der Waals surface area contributed by atoms with Gasteiger partial charge in [-0.1, -0.05) is 19.1 Å². The fourth-order valence-corrected chi connectivity index (χ4v) is 2.80. The summed E-state index contributed by atoms with van der Waals surface area (Å²) in [7, 11) is 0. The Morgan fingerprint density at radius 3 is 2.38 bits per heavy atom. The summed E-state index contributed by atoms with van der Waals surface area (Å²) in [5.74, 6) is -1.36. The van der Waals surface area contributed by atoms with Gasteiger partial charge < -0.3 is 10.1 Å². The number of rotatable bonds is 8. The Morgan fingerprint density at radius 2 is 1.86 bits per heavy atom. The number of aromatic nitrogens is 1. The maximum atomic E-state index is 12.3. The van der Waals surface area contributed by atoms with E-state index < -0.39 is 29.3 Å². The first kappa shape index (κ1) is 19.9. The molecular formula is C19H18N4O6. The van der Waals surface area contributed by atoms with Crippen molar-refractivity contribution in [3.05, 3.63) is 63.8 Å². The standard InChI is InChI=1S/C19H18N4O6/c1-2-12(21-16-8-7-13(9-20-16)23(27)28)11-29-17(24)10-22-18(25)14-5-3-4-6-15(14)19(22)26/h3-9,12H,2,10-11H2,1H3,(H,20,21). The van der Waals surface area contributed by atoms with Crippen LogP contribution in [0.15, 0.2) is 42.6 Å². The zero-order chi connectivity index (χ0) is 21.0. The van der Waals surface area contributed by atoms with E-state index in [1.807, 2.05) is 6.92 Å². The molecule has 1 aliphatic heterocycles. The highest BCUT2D eigenvalue weighted by Crippen LogP contribution is 2.22. The lowest BCUT2D eigenvalue weighted by molar-refractivity contribution is -0.385. The zero-order valence-electron chi connectivity index (χ0n) is 15.5. The number of anilines is 1. The van der Waals surface area contributed by atoms with Gasteiger partial charge in [0.2, 0.25) is 0 Å². The molecule has 0 fully saturated rings. The van der Waals surface area contributed by atoms with Crippen LogP contribution in [0.25, 0.3) is 0 Å². The number of benzene rings is 1. The molecule has 10 heteroatoms. The summed E-state index contributed by atoms with van der Waals surface area (Å²) in [4.78, 5) is 51.6. The van der Waals surface area contributed by atoms with Crippen molar-refractivity contribution in [2.75, 3.05) is 18.5 Å². The van der Waals surface area contributed by atoms with E-state index in [1.54, 1.807) is 12.1 Å². The number of esters is 1. The third kappa shape index (κ3) is 4.37. The number of carbonyl (C=O) groups excluding carboxylic acids is 3. The molecule has 0 spiro atoms. The fourth-order valence-electron chi connectivity index (χ4n) is 2.80. The van der Waals surface area contributed by atoms with Crippen molar-refractivity contribution in [2.45, 2.75) is 19.4 Å². The Bertz CT molecular complexity index is 924. The second-order valence-electron chi connectivity index (χ2n) is 6.33. The highest BCUT2D eigenvalue weighted by atomic mass is 16.6. The molecule has 2 aromatic rings. The summed E-state index contributed by atoms with van der Waals surface area (Å²) in [6.45, 7) is 1.37. The average molecular weight is 398 g/mol. The lowest BCUT2D eigenvalue weighted by atomic mass is 10.1. The van der Waals surface area contributed by atoms with Gasteiger partial charge in [-0.05, 0) is 24.6 Å². The molecule has 2 heterocycles. The van der Waals surface area contributed by atoms with E-state index in [1.165, 1.54) is 24.3 Å². The predicted molar refractivity (Wildman–Crippen MR) is 101 cm³/mol. The highest BCUT2D eigenvalue weighted by molar-refractivity contribution is 6.22. The summed E-state index contributed by atoms with van der Waals surface area (Å²) in [5, 5.41) is 13.7. The lowest BCUT2D eigenvalue weighted by Crippen LogP contribution is -2.37. The normalized spacial score (nSPS) is 13.8. The number of nitro groups is 1. The zero-order valence-corrected chi connectivity index (χ0v) is 15.5. The quantitative estimate of drug-likeness (QED) is 0.309. The predicted octanol–water partition coefficient (Wildman–Crippen LogP) is 2.02. The van der Waals surface area contributed by atoms with E-state index in [2.05, 4.69) is 10.3 Å². The van der Waals surface area contributed by atoms with Crippen LogP contribution in [0, 0.1) is 10.1 Å². The smallest absolute Gasteiger partial charge is 0.326 e. The Balaban J connectivity index is 1.53. The molecule has 1 N–H and O–H groups in total. The van der Waals surface area contributed by atoms with Crippen LogP contribution in [-0.4, -0.2) is 51.8 Å². The van der Waals surface area contributed by atoms with Gasteiger partial charge in [0.15, 0.2) is 0 Å². The molecule has 0 aliphatic carbocycles. The molecule has 1 unspecified atom stereocenters. The molecule has 29 heavy (non-hydrogen) atoms. The molecular weight excluding hydrogens is 380 g/mol. The molecule has 2 amide bonds. The van der Waals surface area contributed by atoms with Gasteiger partial charge in [0.1, 0.15) is 25.2 Å². The van der Waals surface area contributed by atoms with Crippen molar-refractivity contribution in [3.8, 4) is 0 Å². The first-order chi connectivity index (χ1) is 13.9. The van der Waals surface area contributed by atoms with Crippen molar-refractivity contribution < 1.29 is 24.0 Å². The summed E-state index contributed by atoms with van der Waals surface area (Å²) >= 11 is 0. The summed E-state index contributed by atoms with van der Waals surface area (Å²) in [5.41, 5.74) is 0.404. The molecule has 3 rings (SSSR count). The van der Waals surface area contributed by atoms with Crippen LogP contribution >= 0.6 is 0 Å². The van der Waals surface area contributed by atoms with E-state index in [0.717, 1.165) is 11.1 Å². The van der Waals surface area contributed by atoms with Gasteiger partial charge in [-0.25, -0.2) is 4.98 Å². The minimum Gasteiger partial charge on any atom is -0.462 e. The Hall–Kier alpha value is -3.82. The number of ether oxygens (including phenoxy) is 1. The number of nitrogens with one attached hydrogen (secondary N) is 1. The number of nitrogens with zero attached hydrogens (tertiary/aromatic N) is 3. The average Bonchev–Trinajstić information content (AvgIpc) is 2.96. The Labute approximate surface area is 165 Å². The Morgan fingerprint density at radius 1 is 1.21 bits per heavy atom. The van der Waals surface area contributed by atoms with Crippen LogP contribution in [-0.2, 0) is 9.53 Å². The Kier molecular flexibility index (Phi) is 5.82. The molecule has 0 saturated heterocycles. The van der Waals surface area contributed by atoms with Crippen LogP contribution < -0.4 is 5.32 Å². The van der Waals surface area contributed by atoms with Gasteiger partial charge in [-0.15, -0.1) is 0 Å². The molecule has 1 aromatic heterocycles. The van der Waals surface area contributed by atoms with Gasteiger partial charge in [-0.3, -0.25) is 29.4 Å². The first-order valence-corrected chi connectivity index (χ1v) is 8.88. The molecule has 0 saturated carbocycles. The number of hydrogen-bond donors (Lipinski definition) is 1. The molecule has 1 aromatic carbocycles. The number of fused-ring (bicyclic) bond motifs is 1. The third-order valence-electron chi connectivity index (χ3n) is 4.41. The van der Waals surface area contributed by atoms with Crippen molar-refractivity contribution in [3.63, 3.8) is 0 Å². The van der Waals surface area contributed by atoms with Crippen molar-refractivity contribution >= 4 is 29.3 Å². The summed E-state index contributed by atoms with van der Waals surface area (Å²) in [6, 6.07) is 8.85. The van der Waals surface area contributed by atoms with Gasteiger partial charge in [0, 0.05) is 6.07 Å². The van der Waals surface area contributed by atoms with E-state index in [9.17, 15) is 24.5 Å². The monoisotopic (exact) mass is 398 g/mol. The number of imide groups is 1. The molecule has 1 atom stereocenters. The fraction of sp³-hybridized carbons (Fsp3) is 0.263. The first-order valence-electron chi connectivity index (χ1n) is 8.88. The second kappa shape index (κ2) is 8.46. The van der Waals surface area contributed by atoms with E-state index in [-0.39, 0.29) is 29.5 Å². The topological polar surface area (TPSA) is 132 Å². The minimum atomic E-state index is -0.712. The SMILES string of the molecule is CCC(COC(=O)CN1C(=O)c2ccccc2C1=O)Nc1ccc([N+](=O)[O-])cn1. The van der Waals surface area contributed by atoms with Crippen LogP contribution in [0.3, 0.4) is 0 Å². The maximum absolute atomic E-state index is 12.3. The largest absolute Gasteiger partial charge is 0.462 e. The maximum Gasteiger partial charge on any atom is 0.326 e. The van der Waals surface area contributed by atoms with Crippen molar-refractivity contribution in [1.29, 1.82) is 0 Å². The van der Waals surface area contributed by atoms with Crippen LogP contribution in [0.2, 0.25) is 0 Å². The van der Waals surface area contributed by atoms with Crippen molar-refractivity contribution in [1.82, 2.24) is 9.88 Å². The lowest BCUT2D eigenvalue weighted by Gasteiger charge is -2.18. The highest BCUT2D eigenvalue weighted by Gasteiger charge is 2.36. The third-order valence-corrected chi connectivity index (χ3v) is 4.41.